The van der Waals surface area contributed by atoms with Crippen LogP contribution in [0.15, 0.2) is 0 Å². The molecule has 0 aliphatic carbocycles. The largest absolute Gasteiger partial charge is 0.465 e. The van der Waals surface area contributed by atoms with Crippen LogP contribution in [0.2, 0.25) is 0 Å². The van der Waals surface area contributed by atoms with Crippen molar-refractivity contribution in [1.82, 2.24) is 4.90 Å². The number of carbonyl (C=O) groups is 3. The van der Waals surface area contributed by atoms with Crippen LogP contribution in [0, 0.1) is 5.92 Å². The lowest BCUT2D eigenvalue weighted by molar-refractivity contribution is -0.151. The van der Waals surface area contributed by atoms with Crippen molar-refractivity contribution in [2.75, 3.05) is 20.2 Å². The van der Waals surface area contributed by atoms with E-state index >= 15 is 0 Å². The second-order valence-corrected chi connectivity index (χ2v) is 2.85. The fourth-order valence-electron chi connectivity index (χ4n) is 1.20. The molecule has 0 spiro atoms. The highest BCUT2D eigenvalue weighted by Gasteiger charge is 2.42. The molecular weight excluding hydrogens is 174 g/mol. The standard InChI is InChI=1S/C8H11NO4/c1-3-13-8(12)5-4-9(2)7(11)6(5)10/h5H,3-4H2,1-2H3/t5-/m0/s1. The third-order valence-corrected chi connectivity index (χ3v) is 1.90. The number of Topliss-reactive ketones (excluding diaryl/α,β-unsaturated/α-hetero) is 1. The van der Waals surface area contributed by atoms with E-state index in [1.165, 1.54) is 11.9 Å². The summed E-state index contributed by atoms with van der Waals surface area (Å²) in [6, 6.07) is 0. The van der Waals surface area contributed by atoms with Crippen LogP contribution in [0.3, 0.4) is 0 Å². The lowest BCUT2D eigenvalue weighted by Crippen LogP contribution is -2.25. The Labute approximate surface area is 75.6 Å². The SMILES string of the molecule is CCOC(=O)[C@H]1CN(C)C(=O)C1=O. The predicted molar refractivity (Wildman–Crippen MR) is 42.8 cm³/mol. The van der Waals surface area contributed by atoms with Gasteiger partial charge in [-0.1, -0.05) is 0 Å². The van der Waals surface area contributed by atoms with E-state index in [1.807, 2.05) is 0 Å². The van der Waals surface area contributed by atoms with Crippen molar-refractivity contribution in [2.24, 2.45) is 5.92 Å². The first kappa shape index (κ1) is 9.70. The second kappa shape index (κ2) is 3.55. The van der Waals surface area contributed by atoms with E-state index in [4.69, 9.17) is 0 Å². The van der Waals surface area contributed by atoms with Crippen LogP contribution in [0.4, 0.5) is 0 Å². The Morgan fingerprint density at radius 2 is 2.23 bits per heavy atom. The van der Waals surface area contributed by atoms with Crippen LogP contribution in [-0.4, -0.2) is 42.8 Å². The molecular formula is C8H11NO4. The fourth-order valence-corrected chi connectivity index (χ4v) is 1.20. The number of nitrogens with zero attached hydrogens (tertiary/aromatic N) is 1. The zero-order valence-electron chi connectivity index (χ0n) is 7.57. The van der Waals surface area contributed by atoms with Crippen molar-refractivity contribution in [3.63, 3.8) is 0 Å². The minimum absolute atomic E-state index is 0.135. The van der Waals surface area contributed by atoms with Crippen LogP contribution in [0.1, 0.15) is 6.92 Å². The summed E-state index contributed by atoms with van der Waals surface area (Å²) in [6.45, 7) is 2.01. The molecule has 0 aromatic heterocycles. The van der Waals surface area contributed by atoms with E-state index in [0.29, 0.717) is 0 Å². The average molecular weight is 185 g/mol. The summed E-state index contributed by atoms with van der Waals surface area (Å²) in [5.74, 6) is -2.80. The number of ketones is 1. The van der Waals surface area contributed by atoms with E-state index in [-0.39, 0.29) is 13.2 Å². The number of amides is 1. The van der Waals surface area contributed by atoms with Gasteiger partial charge in [-0.25, -0.2) is 0 Å². The molecule has 1 rings (SSSR count). The molecule has 1 fully saturated rings. The maximum absolute atomic E-state index is 11.1. The van der Waals surface area contributed by atoms with Crippen LogP contribution in [-0.2, 0) is 19.1 Å². The molecule has 0 aromatic rings. The molecule has 1 atom stereocenters. The van der Waals surface area contributed by atoms with Crippen molar-refractivity contribution in [3.8, 4) is 0 Å². The van der Waals surface area contributed by atoms with E-state index in [2.05, 4.69) is 4.74 Å². The van der Waals surface area contributed by atoms with E-state index in [0.717, 1.165) is 0 Å². The average Bonchev–Trinajstić information content (AvgIpc) is 2.33. The Kier molecular flexibility index (Phi) is 2.65. The smallest absolute Gasteiger partial charge is 0.318 e. The van der Waals surface area contributed by atoms with Gasteiger partial charge in [-0.15, -0.1) is 0 Å². The van der Waals surface area contributed by atoms with Gasteiger partial charge in [-0.05, 0) is 6.92 Å². The molecule has 0 N–H and O–H groups in total. The molecule has 1 aliphatic rings. The highest BCUT2D eigenvalue weighted by atomic mass is 16.5. The van der Waals surface area contributed by atoms with Gasteiger partial charge in [0.05, 0.1) is 6.61 Å². The minimum atomic E-state index is -0.919. The number of esters is 1. The zero-order valence-corrected chi connectivity index (χ0v) is 7.57. The molecule has 1 amide bonds. The van der Waals surface area contributed by atoms with E-state index in [1.54, 1.807) is 6.92 Å². The van der Waals surface area contributed by atoms with E-state index in [9.17, 15) is 14.4 Å². The fraction of sp³-hybridized carbons (Fsp3) is 0.625. The van der Waals surface area contributed by atoms with Gasteiger partial charge in [0.2, 0.25) is 5.78 Å². The Bertz CT molecular complexity index is 261. The number of likely N-dealkylation sites (tertiary alicyclic amines) is 1. The summed E-state index contributed by atoms with van der Waals surface area (Å²) < 4.78 is 4.65. The minimum Gasteiger partial charge on any atom is -0.465 e. The molecule has 0 bridgehead atoms. The summed E-state index contributed by atoms with van der Waals surface area (Å²) in [4.78, 5) is 34.5. The Morgan fingerprint density at radius 1 is 1.62 bits per heavy atom. The third kappa shape index (κ3) is 1.68. The Balaban J connectivity index is 2.68. The normalized spacial score (nSPS) is 22.3. The highest BCUT2D eigenvalue weighted by molar-refractivity contribution is 6.42. The first-order valence-electron chi connectivity index (χ1n) is 4.03. The number of rotatable bonds is 2. The van der Waals surface area contributed by atoms with Gasteiger partial charge < -0.3 is 9.64 Å². The summed E-state index contributed by atoms with van der Waals surface area (Å²) in [7, 11) is 1.49. The topological polar surface area (TPSA) is 63.7 Å². The molecule has 5 nitrogen and oxygen atoms in total. The van der Waals surface area contributed by atoms with Crippen molar-refractivity contribution in [3.05, 3.63) is 0 Å². The van der Waals surface area contributed by atoms with Crippen LogP contribution >= 0.6 is 0 Å². The molecule has 0 aromatic carbocycles. The zero-order chi connectivity index (χ0) is 10.0. The summed E-state index contributed by atoms with van der Waals surface area (Å²) in [5, 5.41) is 0. The van der Waals surface area contributed by atoms with E-state index < -0.39 is 23.6 Å². The van der Waals surface area contributed by atoms with Gasteiger partial charge in [0.15, 0.2) is 0 Å². The molecule has 5 heteroatoms. The van der Waals surface area contributed by atoms with Gasteiger partial charge >= 0.3 is 5.97 Å². The molecule has 13 heavy (non-hydrogen) atoms. The van der Waals surface area contributed by atoms with Crippen molar-refractivity contribution in [2.45, 2.75) is 6.92 Å². The van der Waals surface area contributed by atoms with Crippen LogP contribution < -0.4 is 0 Å². The lowest BCUT2D eigenvalue weighted by Gasteiger charge is -2.07. The van der Waals surface area contributed by atoms with Gasteiger partial charge in [0.1, 0.15) is 5.92 Å². The van der Waals surface area contributed by atoms with Crippen molar-refractivity contribution in [1.29, 1.82) is 0 Å². The molecule has 72 valence electrons. The molecule has 0 saturated carbocycles. The quantitative estimate of drug-likeness (QED) is 0.321. The Hall–Kier alpha value is -1.39. The van der Waals surface area contributed by atoms with Crippen LogP contribution in [0.25, 0.3) is 0 Å². The van der Waals surface area contributed by atoms with Crippen LogP contribution in [0.5, 0.6) is 0 Å². The number of hydrogen-bond acceptors (Lipinski definition) is 4. The first-order valence-corrected chi connectivity index (χ1v) is 4.03. The second-order valence-electron chi connectivity index (χ2n) is 2.85. The third-order valence-electron chi connectivity index (χ3n) is 1.90. The molecule has 1 saturated heterocycles. The van der Waals surface area contributed by atoms with Gasteiger partial charge in [0.25, 0.3) is 5.91 Å². The first-order chi connectivity index (χ1) is 6.07. The van der Waals surface area contributed by atoms with Gasteiger partial charge in [-0.2, -0.15) is 0 Å². The van der Waals surface area contributed by atoms with Gasteiger partial charge in [0, 0.05) is 13.6 Å². The number of likely N-dealkylation sites (N-methyl/N-ethyl adjacent to an activating group) is 1. The molecule has 1 aliphatic heterocycles. The lowest BCUT2D eigenvalue weighted by atomic mass is 10.1. The number of ether oxygens (including phenoxy) is 1. The number of carbonyl (C=O) groups excluding carboxylic acids is 3. The van der Waals surface area contributed by atoms with Crippen molar-refractivity contribution >= 4 is 17.7 Å². The molecule has 0 unspecified atom stereocenters. The predicted octanol–water partition coefficient (Wildman–Crippen LogP) is -0.793. The summed E-state index contributed by atoms with van der Waals surface area (Å²) >= 11 is 0. The molecule has 0 radical (unpaired) electrons. The van der Waals surface area contributed by atoms with Crippen molar-refractivity contribution < 1.29 is 19.1 Å². The highest BCUT2D eigenvalue weighted by Crippen LogP contribution is 2.13. The number of hydrogen-bond donors (Lipinski definition) is 0. The monoisotopic (exact) mass is 185 g/mol. The Morgan fingerprint density at radius 3 is 2.62 bits per heavy atom. The maximum atomic E-state index is 11.1. The van der Waals surface area contributed by atoms with Gasteiger partial charge in [-0.3, -0.25) is 14.4 Å². The summed E-state index contributed by atoms with van der Waals surface area (Å²) in [5.41, 5.74) is 0. The summed E-state index contributed by atoms with van der Waals surface area (Å²) in [6.07, 6.45) is 0. The molecule has 1 heterocycles. The maximum Gasteiger partial charge on any atom is 0.318 e.